The van der Waals surface area contributed by atoms with E-state index in [2.05, 4.69) is 21.2 Å². The zero-order valence-corrected chi connectivity index (χ0v) is 12.8. The lowest BCUT2D eigenvalue weighted by Gasteiger charge is -2.26. The number of carboxylic acid groups (broad SMARTS) is 1. The molecule has 0 radical (unpaired) electrons. The number of carboxylic acids is 1. The summed E-state index contributed by atoms with van der Waals surface area (Å²) in [5, 5.41) is 12.2. The first kappa shape index (κ1) is 15.4. The molecular formula is C15H19BrFNO2. The molecule has 5 heteroatoms. The van der Waals surface area contributed by atoms with E-state index in [0.29, 0.717) is 18.0 Å². The zero-order valence-electron chi connectivity index (χ0n) is 11.2. The molecule has 0 aliphatic heterocycles. The molecular weight excluding hydrogens is 325 g/mol. The number of rotatable bonds is 5. The van der Waals surface area contributed by atoms with Gasteiger partial charge in [-0.1, -0.05) is 22.0 Å². The van der Waals surface area contributed by atoms with E-state index < -0.39 is 5.97 Å². The molecule has 20 heavy (non-hydrogen) atoms. The van der Waals surface area contributed by atoms with E-state index in [1.54, 1.807) is 6.07 Å². The molecule has 1 fully saturated rings. The third-order valence-corrected chi connectivity index (χ3v) is 4.45. The Kier molecular flexibility index (Phi) is 5.54. The summed E-state index contributed by atoms with van der Waals surface area (Å²) in [6.45, 7) is 1.33. The highest BCUT2D eigenvalue weighted by Gasteiger charge is 2.25. The van der Waals surface area contributed by atoms with Crippen molar-refractivity contribution in [1.29, 1.82) is 0 Å². The quantitative estimate of drug-likeness (QED) is 0.859. The molecule has 1 saturated carbocycles. The van der Waals surface area contributed by atoms with Crippen LogP contribution in [0.1, 0.15) is 31.2 Å². The van der Waals surface area contributed by atoms with Crippen molar-refractivity contribution < 1.29 is 14.3 Å². The lowest BCUT2D eigenvalue weighted by Crippen LogP contribution is -2.28. The van der Waals surface area contributed by atoms with E-state index >= 15 is 0 Å². The Bertz CT molecular complexity index is 473. The fourth-order valence-electron chi connectivity index (χ4n) is 2.69. The number of nitrogens with one attached hydrogen (secondary N) is 1. The van der Waals surface area contributed by atoms with Crippen LogP contribution < -0.4 is 5.32 Å². The second-order valence-corrected chi connectivity index (χ2v) is 6.34. The van der Waals surface area contributed by atoms with Gasteiger partial charge in [-0.05, 0) is 50.3 Å². The average Bonchev–Trinajstić information content (AvgIpc) is 2.42. The fraction of sp³-hybridized carbons (Fsp3) is 0.533. The van der Waals surface area contributed by atoms with Gasteiger partial charge in [0.15, 0.2) is 0 Å². The molecule has 0 unspecified atom stereocenters. The van der Waals surface area contributed by atoms with Gasteiger partial charge >= 0.3 is 5.97 Å². The van der Waals surface area contributed by atoms with Crippen molar-refractivity contribution in [3.05, 3.63) is 34.1 Å². The number of halogens is 2. The lowest BCUT2D eigenvalue weighted by atomic mass is 9.82. The van der Waals surface area contributed by atoms with Gasteiger partial charge in [0.1, 0.15) is 5.82 Å². The topological polar surface area (TPSA) is 49.3 Å². The zero-order chi connectivity index (χ0) is 14.5. The molecule has 110 valence electrons. The minimum Gasteiger partial charge on any atom is -0.481 e. The van der Waals surface area contributed by atoms with Gasteiger partial charge in [0.05, 0.1) is 5.92 Å². The molecule has 0 saturated heterocycles. The first-order valence-electron chi connectivity index (χ1n) is 6.93. The van der Waals surface area contributed by atoms with E-state index in [0.717, 1.165) is 36.7 Å². The Morgan fingerprint density at radius 2 is 2.05 bits per heavy atom. The van der Waals surface area contributed by atoms with Crippen molar-refractivity contribution in [3.8, 4) is 0 Å². The molecule has 1 aliphatic rings. The summed E-state index contributed by atoms with van der Waals surface area (Å²) in [5.74, 6) is -0.547. The van der Waals surface area contributed by atoms with Gasteiger partial charge in [-0.15, -0.1) is 0 Å². The Morgan fingerprint density at radius 3 is 2.65 bits per heavy atom. The van der Waals surface area contributed by atoms with Crippen molar-refractivity contribution >= 4 is 21.9 Å². The van der Waals surface area contributed by atoms with Crippen LogP contribution in [0.4, 0.5) is 4.39 Å². The van der Waals surface area contributed by atoms with Gasteiger partial charge in [-0.2, -0.15) is 0 Å². The minimum absolute atomic E-state index is 0.171. The van der Waals surface area contributed by atoms with Crippen LogP contribution in [0.3, 0.4) is 0 Å². The highest BCUT2D eigenvalue weighted by molar-refractivity contribution is 9.10. The number of carbonyl (C=O) groups is 1. The Morgan fingerprint density at radius 1 is 1.35 bits per heavy atom. The van der Waals surface area contributed by atoms with Crippen molar-refractivity contribution in [1.82, 2.24) is 5.32 Å². The summed E-state index contributed by atoms with van der Waals surface area (Å²) < 4.78 is 14.4. The Hall–Kier alpha value is -0.940. The number of hydrogen-bond acceptors (Lipinski definition) is 2. The van der Waals surface area contributed by atoms with E-state index in [4.69, 9.17) is 5.11 Å². The number of aliphatic carboxylic acids is 1. The summed E-state index contributed by atoms with van der Waals surface area (Å²) in [6.07, 6.45) is 3.39. The first-order valence-corrected chi connectivity index (χ1v) is 7.73. The molecule has 1 aliphatic carbocycles. The van der Waals surface area contributed by atoms with E-state index in [-0.39, 0.29) is 11.7 Å². The smallest absolute Gasteiger partial charge is 0.306 e. The Labute approximate surface area is 126 Å². The third kappa shape index (κ3) is 4.28. The van der Waals surface area contributed by atoms with Crippen LogP contribution in [-0.2, 0) is 11.3 Å². The molecule has 0 amide bonds. The summed E-state index contributed by atoms with van der Waals surface area (Å²) in [5.41, 5.74) is 0.660. The molecule has 1 aromatic rings. The molecule has 0 aromatic heterocycles. The molecule has 1 aromatic carbocycles. The molecule has 2 N–H and O–H groups in total. The molecule has 0 spiro atoms. The monoisotopic (exact) mass is 343 g/mol. The normalized spacial score (nSPS) is 22.7. The van der Waals surface area contributed by atoms with Crippen LogP contribution in [0, 0.1) is 17.7 Å². The van der Waals surface area contributed by atoms with Crippen LogP contribution >= 0.6 is 15.9 Å². The van der Waals surface area contributed by atoms with Gasteiger partial charge in [-0.25, -0.2) is 4.39 Å². The van der Waals surface area contributed by atoms with Crippen LogP contribution in [0.15, 0.2) is 22.7 Å². The molecule has 2 rings (SSSR count). The maximum absolute atomic E-state index is 13.6. The molecule has 0 bridgehead atoms. The fourth-order valence-corrected chi connectivity index (χ4v) is 3.02. The van der Waals surface area contributed by atoms with Crippen LogP contribution in [0.25, 0.3) is 0 Å². The Balaban J connectivity index is 1.73. The van der Waals surface area contributed by atoms with Crippen molar-refractivity contribution in [2.45, 2.75) is 32.2 Å². The van der Waals surface area contributed by atoms with Gasteiger partial charge in [-0.3, -0.25) is 4.79 Å². The third-order valence-electron chi connectivity index (χ3n) is 3.96. The molecule has 3 nitrogen and oxygen atoms in total. The van der Waals surface area contributed by atoms with Gasteiger partial charge in [0.2, 0.25) is 0 Å². The standard InChI is InChI=1S/C15H19BrFNO2/c16-13-6-5-12(14(17)7-13)9-18-8-10-1-3-11(4-2-10)15(19)20/h5-7,10-11,18H,1-4,8-9H2,(H,19,20). The summed E-state index contributed by atoms with van der Waals surface area (Å²) in [4.78, 5) is 10.9. The number of hydrogen-bond donors (Lipinski definition) is 2. The van der Waals surface area contributed by atoms with E-state index in [1.807, 2.05) is 6.07 Å². The minimum atomic E-state index is -0.673. The summed E-state index contributed by atoms with van der Waals surface area (Å²) in [7, 11) is 0. The van der Waals surface area contributed by atoms with E-state index in [9.17, 15) is 9.18 Å². The second kappa shape index (κ2) is 7.18. The SMILES string of the molecule is O=C(O)C1CCC(CNCc2ccc(Br)cc2F)CC1. The summed E-state index contributed by atoms with van der Waals surface area (Å²) in [6, 6.07) is 5.07. The average molecular weight is 344 g/mol. The van der Waals surface area contributed by atoms with Gasteiger partial charge in [0, 0.05) is 16.6 Å². The lowest BCUT2D eigenvalue weighted by molar-refractivity contribution is -0.143. The number of benzene rings is 1. The van der Waals surface area contributed by atoms with Crippen molar-refractivity contribution in [2.75, 3.05) is 6.54 Å². The maximum atomic E-state index is 13.6. The predicted octanol–water partition coefficient (Wildman–Crippen LogP) is 3.57. The van der Waals surface area contributed by atoms with Crippen LogP contribution in [0.2, 0.25) is 0 Å². The van der Waals surface area contributed by atoms with Crippen LogP contribution in [0.5, 0.6) is 0 Å². The second-order valence-electron chi connectivity index (χ2n) is 5.42. The van der Waals surface area contributed by atoms with Gasteiger partial charge < -0.3 is 10.4 Å². The van der Waals surface area contributed by atoms with Crippen molar-refractivity contribution in [2.24, 2.45) is 11.8 Å². The largest absolute Gasteiger partial charge is 0.481 e. The molecule has 0 heterocycles. The van der Waals surface area contributed by atoms with Crippen LogP contribution in [-0.4, -0.2) is 17.6 Å². The first-order chi connectivity index (χ1) is 9.56. The maximum Gasteiger partial charge on any atom is 0.306 e. The predicted molar refractivity (Wildman–Crippen MR) is 78.9 cm³/mol. The van der Waals surface area contributed by atoms with E-state index in [1.165, 1.54) is 6.07 Å². The van der Waals surface area contributed by atoms with Gasteiger partial charge in [0.25, 0.3) is 0 Å². The van der Waals surface area contributed by atoms with Crippen molar-refractivity contribution in [3.63, 3.8) is 0 Å². The summed E-state index contributed by atoms with van der Waals surface area (Å²) >= 11 is 3.24. The highest BCUT2D eigenvalue weighted by atomic mass is 79.9. The highest BCUT2D eigenvalue weighted by Crippen LogP contribution is 2.28. The molecule has 0 atom stereocenters.